The molecule has 2 aromatic rings. The van der Waals surface area contributed by atoms with Gasteiger partial charge < -0.3 is 35.8 Å². The van der Waals surface area contributed by atoms with E-state index >= 15 is 0 Å². The Hall–Kier alpha value is -3.77. The Morgan fingerprint density at radius 2 is 1.81 bits per heavy atom. The number of rotatable bonds is 7. The molecule has 4 amide bonds. The molecule has 4 N–H and O–H groups in total. The molecule has 0 spiro atoms. The van der Waals surface area contributed by atoms with Crippen LogP contribution in [0.15, 0.2) is 30.3 Å². The third-order valence-electron chi connectivity index (χ3n) is 8.64. The number of methoxy groups -OCH3 is 1. The lowest BCUT2D eigenvalue weighted by molar-refractivity contribution is -0.131. The Labute approximate surface area is 248 Å². The SMILES string of the molecule is [B]c1cc(C(=O)NCC(=O)N2CCC(N3CCc4cc(OC)ccc4NC3=O)CC2)cc(CN2CCN(C)CC2)c1N. The van der Waals surface area contributed by atoms with Crippen LogP contribution in [0.3, 0.4) is 0 Å². The third-order valence-corrected chi connectivity index (χ3v) is 8.64. The summed E-state index contributed by atoms with van der Waals surface area (Å²) in [5, 5.41) is 5.78. The number of ether oxygens (including phenoxy) is 1. The van der Waals surface area contributed by atoms with Crippen LogP contribution in [0, 0.1) is 0 Å². The molecule has 0 aliphatic carbocycles. The van der Waals surface area contributed by atoms with Crippen molar-refractivity contribution >= 4 is 42.5 Å². The number of nitrogens with one attached hydrogen (secondary N) is 2. The molecule has 2 aromatic carbocycles. The highest BCUT2D eigenvalue weighted by molar-refractivity contribution is 6.36. The number of benzene rings is 2. The van der Waals surface area contributed by atoms with Crippen LogP contribution in [-0.2, 0) is 17.8 Å². The normalized spacial score (nSPS) is 18.7. The highest BCUT2D eigenvalue weighted by Gasteiger charge is 2.31. The van der Waals surface area contributed by atoms with Gasteiger partial charge in [-0.05, 0) is 61.7 Å². The summed E-state index contributed by atoms with van der Waals surface area (Å²) < 4.78 is 5.33. The maximum atomic E-state index is 13.0. The number of hydrogen-bond donors (Lipinski definition) is 3. The maximum Gasteiger partial charge on any atom is 0.322 e. The number of nitrogens with two attached hydrogens (primary N) is 1. The van der Waals surface area contributed by atoms with Crippen molar-refractivity contribution in [2.24, 2.45) is 0 Å². The largest absolute Gasteiger partial charge is 0.497 e. The number of urea groups is 1. The Kier molecular flexibility index (Phi) is 9.23. The number of piperazine rings is 1. The van der Waals surface area contributed by atoms with E-state index in [0.717, 1.165) is 55.2 Å². The zero-order valence-corrected chi connectivity index (χ0v) is 24.5. The minimum absolute atomic E-state index is 0.0383. The van der Waals surface area contributed by atoms with Crippen molar-refractivity contribution < 1.29 is 19.1 Å². The van der Waals surface area contributed by atoms with E-state index in [1.807, 2.05) is 23.1 Å². The van der Waals surface area contributed by atoms with Gasteiger partial charge in [0.1, 0.15) is 13.6 Å². The van der Waals surface area contributed by atoms with E-state index in [1.54, 1.807) is 24.1 Å². The van der Waals surface area contributed by atoms with Gasteiger partial charge in [0.25, 0.3) is 5.91 Å². The van der Waals surface area contributed by atoms with Crippen LogP contribution >= 0.6 is 0 Å². The average molecular weight is 574 g/mol. The van der Waals surface area contributed by atoms with Gasteiger partial charge in [-0.2, -0.15) is 0 Å². The summed E-state index contributed by atoms with van der Waals surface area (Å²) in [7, 11) is 9.88. The fraction of sp³-hybridized carbons (Fsp3) is 0.500. The molecule has 2 saturated heterocycles. The third kappa shape index (κ3) is 6.82. The fourth-order valence-corrected chi connectivity index (χ4v) is 5.95. The highest BCUT2D eigenvalue weighted by atomic mass is 16.5. The van der Waals surface area contributed by atoms with Crippen molar-refractivity contribution in [1.29, 1.82) is 0 Å². The zero-order chi connectivity index (χ0) is 29.8. The van der Waals surface area contributed by atoms with E-state index in [9.17, 15) is 14.4 Å². The monoisotopic (exact) mass is 573 g/mol. The van der Waals surface area contributed by atoms with E-state index < -0.39 is 0 Å². The van der Waals surface area contributed by atoms with Crippen LogP contribution in [-0.4, -0.2) is 118 Å². The molecule has 42 heavy (non-hydrogen) atoms. The second kappa shape index (κ2) is 13.0. The highest BCUT2D eigenvalue weighted by Crippen LogP contribution is 2.27. The van der Waals surface area contributed by atoms with Gasteiger partial charge >= 0.3 is 6.03 Å². The molecule has 12 heteroatoms. The summed E-state index contributed by atoms with van der Waals surface area (Å²) in [5.74, 6) is 0.256. The molecule has 0 atom stereocenters. The number of nitrogens with zero attached hydrogens (tertiary/aromatic N) is 4. The van der Waals surface area contributed by atoms with Crippen LogP contribution in [0.4, 0.5) is 16.2 Å². The van der Waals surface area contributed by atoms with Gasteiger partial charge in [-0.25, -0.2) is 4.79 Å². The van der Waals surface area contributed by atoms with Crippen LogP contribution < -0.4 is 26.6 Å². The standard InChI is InChI=1S/C30H40BN7O4/c1-35-11-13-36(14-12-35)19-22-15-21(17-25(31)28(22)32)29(40)33-18-27(39)37-8-6-23(7-9-37)38-10-5-20-16-24(42-2)3-4-26(20)34-30(38)41/h3-4,15-17,23H,5-14,18-19,32H2,1-2H3,(H,33,40)(H,34,41). The van der Waals surface area contributed by atoms with Crippen molar-refractivity contribution in [3.8, 4) is 5.75 Å². The Bertz CT molecular complexity index is 1320. The van der Waals surface area contributed by atoms with Gasteiger partial charge in [-0.15, -0.1) is 0 Å². The lowest BCUT2D eigenvalue weighted by atomic mass is 9.89. The van der Waals surface area contributed by atoms with Crippen LogP contribution in [0.25, 0.3) is 0 Å². The first-order valence-corrected chi connectivity index (χ1v) is 14.6. The van der Waals surface area contributed by atoms with Crippen LogP contribution in [0.2, 0.25) is 0 Å². The second-order valence-corrected chi connectivity index (χ2v) is 11.4. The number of likely N-dealkylation sites (tertiary alicyclic amines) is 1. The number of nitrogen functional groups attached to an aromatic ring is 1. The Morgan fingerprint density at radius 1 is 1.07 bits per heavy atom. The minimum atomic E-state index is -0.359. The fourth-order valence-electron chi connectivity index (χ4n) is 5.95. The van der Waals surface area contributed by atoms with E-state index in [2.05, 4.69) is 27.5 Å². The molecule has 2 fully saturated rings. The van der Waals surface area contributed by atoms with Crippen LogP contribution in [0.1, 0.15) is 34.3 Å². The van der Waals surface area contributed by atoms with Crippen molar-refractivity contribution in [2.75, 3.05) is 77.6 Å². The molecule has 2 radical (unpaired) electrons. The molecule has 0 aromatic heterocycles. The lowest BCUT2D eigenvalue weighted by Crippen LogP contribution is -2.51. The lowest BCUT2D eigenvalue weighted by Gasteiger charge is -2.38. The number of hydrogen-bond acceptors (Lipinski definition) is 7. The summed E-state index contributed by atoms with van der Waals surface area (Å²) in [6.07, 6.45) is 2.08. The zero-order valence-electron chi connectivity index (χ0n) is 24.5. The van der Waals surface area contributed by atoms with Gasteiger partial charge in [-0.3, -0.25) is 14.5 Å². The van der Waals surface area contributed by atoms with Crippen LogP contribution in [0.5, 0.6) is 5.75 Å². The van der Waals surface area contributed by atoms with E-state index in [4.69, 9.17) is 18.3 Å². The number of piperidine rings is 1. The Balaban J connectivity index is 1.11. The maximum absolute atomic E-state index is 13.0. The number of amides is 4. The molecule has 3 aliphatic heterocycles. The molecule has 3 heterocycles. The number of fused-ring (bicyclic) bond motifs is 1. The van der Waals surface area contributed by atoms with Crippen molar-refractivity contribution in [3.05, 3.63) is 47.0 Å². The quantitative estimate of drug-likeness (QED) is 0.328. The van der Waals surface area contributed by atoms with Gasteiger partial charge in [0, 0.05) is 75.3 Å². The topological polar surface area (TPSA) is 123 Å². The number of carbonyl (C=O) groups excluding carboxylic acids is 3. The molecule has 0 saturated carbocycles. The van der Waals surface area contributed by atoms with Gasteiger partial charge in [0.2, 0.25) is 5.91 Å². The summed E-state index contributed by atoms with van der Waals surface area (Å²) >= 11 is 0. The predicted molar refractivity (Wildman–Crippen MR) is 163 cm³/mol. The van der Waals surface area contributed by atoms with Gasteiger partial charge in [-0.1, -0.05) is 11.5 Å². The molecular formula is C30H40BN7O4. The van der Waals surface area contributed by atoms with Crippen molar-refractivity contribution in [3.63, 3.8) is 0 Å². The van der Waals surface area contributed by atoms with Gasteiger partial charge in [0.05, 0.1) is 13.7 Å². The van der Waals surface area contributed by atoms with Crippen molar-refractivity contribution in [2.45, 2.75) is 31.8 Å². The van der Waals surface area contributed by atoms with Crippen molar-refractivity contribution in [1.82, 2.24) is 24.9 Å². The number of anilines is 2. The summed E-state index contributed by atoms with van der Waals surface area (Å²) in [5.41, 5.74) is 10.2. The molecule has 0 bridgehead atoms. The average Bonchev–Trinajstić information content (AvgIpc) is 3.16. The summed E-state index contributed by atoms with van der Waals surface area (Å²) in [6, 6.07) is 8.93. The predicted octanol–water partition coefficient (Wildman–Crippen LogP) is 0.630. The molecule has 11 nitrogen and oxygen atoms in total. The smallest absolute Gasteiger partial charge is 0.322 e. The first-order chi connectivity index (χ1) is 20.2. The molecule has 222 valence electrons. The summed E-state index contributed by atoms with van der Waals surface area (Å²) in [6.45, 7) is 5.95. The molecular weight excluding hydrogens is 533 g/mol. The first-order valence-electron chi connectivity index (χ1n) is 14.6. The first kappa shape index (κ1) is 29.7. The van der Waals surface area contributed by atoms with Gasteiger partial charge in [0.15, 0.2) is 0 Å². The Morgan fingerprint density at radius 3 is 2.52 bits per heavy atom. The minimum Gasteiger partial charge on any atom is -0.497 e. The van der Waals surface area contributed by atoms with E-state index in [1.165, 1.54) is 0 Å². The molecule has 3 aliphatic rings. The van der Waals surface area contributed by atoms with E-state index in [0.29, 0.717) is 55.7 Å². The second-order valence-electron chi connectivity index (χ2n) is 11.4. The number of likely N-dealkylation sites (N-methyl/N-ethyl adjacent to an activating group) is 1. The number of carbonyl (C=O) groups is 3. The summed E-state index contributed by atoms with van der Waals surface area (Å²) in [4.78, 5) is 47.1. The molecule has 5 rings (SSSR count). The van der Waals surface area contributed by atoms with E-state index in [-0.39, 0.29) is 30.4 Å². The molecule has 0 unspecified atom stereocenters.